The van der Waals surface area contributed by atoms with Crippen LogP contribution in [0.3, 0.4) is 0 Å². The minimum Gasteiger partial charge on any atom is -0.212 e. The van der Waals surface area contributed by atoms with Crippen LogP contribution in [-0.4, -0.2) is 35.9 Å². The van der Waals surface area contributed by atoms with Gasteiger partial charge in [0.25, 0.3) is 0 Å². The SMILES string of the molecule is CC(C)(C)S(=O)(=O)N1CCCC(Cl)C1. The molecule has 0 radical (unpaired) electrons. The van der Waals surface area contributed by atoms with Gasteiger partial charge in [-0.3, -0.25) is 0 Å². The highest BCUT2D eigenvalue weighted by molar-refractivity contribution is 7.90. The van der Waals surface area contributed by atoms with Crippen molar-refractivity contribution >= 4 is 21.6 Å². The highest BCUT2D eigenvalue weighted by atomic mass is 35.5. The molecule has 1 heterocycles. The zero-order valence-corrected chi connectivity index (χ0v) is 10.5. The van der Waals surface area contributed by atoms with Crippen molar-refractivity contribution in [2.45, 2.75) is 43.7 Å². The molecule has 1 unspecified atom stereocenters. The van der Waals surface area contributed by atoms with Crippen molar-refractivity contribution in [3.8, 4) is 0 Å². The number of hydrogen-bond acceptors (Lipinski definition) is 2. The molecule has 1 aliphatic heterocycles. The molecule has 1 atom stereocenters. The van der Waals surface area contributed by atoms with Crippen LogP contribution in [0.15, 0.2) is 0 Å². The molecule has 3 nitrogen and oxygen atoms in total. The van der Waals surface area contributed by atoms with E-state index in [4.69, 9.17) is 11.6 Å². The topological polar surface area (TPSA) is 37.4 Å². The number of hydrogen-bond donors (Lipinski definition) is 0. The number of sulfonamides is 1. The van der Waals surface area contributed by atoms with Crippen LogP contribution in [0.2, 0.25) is 0 Å². The molecule has 0 aromatic heterocycles. The standard InChI is InChI=1S/C9H18ClNO2S/c1-9(2,3)14(12,13)11-6-4-5-8(10)7-11/h8H,4-7H2,1-3H3. The minimum absolute atomic E-state index is 0.0270. The Morgan fingerprint density at radius 2 is 1.93 bits per heavy atom. The predicted octanol–water partition coefficient (Wildman–Crippen LogP) is 1.82. The van der Waals surface area contributed by atoms with Crippen molar-refractivity contribution < 1.29 is 8.42 Å². The highest BCUT2D eigenvalue weighted by Crippen LogP contribution is 2.25. The van der Waals surface area contributed by atoms with Gasteiger partial charge in [-0.1, -0.05) is 0 Å². The number of nitrogens with zero attached hydrogens (tertiary/aromatic N) is 1. The molecule has 5 heteroatoms. The zero-order valence-electron chi connectivity index (χ0n) is 8.96. The van der Waals surface area contributed by atoms with E-state index >= 15 is 0 Å². The predicted molar refractivity (Wildman–Crippen MR) is 59.1 cm³/mol. The van der Waals surface area contributed by atoms with Crippen LogP contribution >= 0.6 is 11.6 Å². The zero-order chi connectivity index (χ0) is 11.0. The molecule has 1 aliphatic rings. The van der Waals surface area contributed by atoms with Gasteiger partial charge in [-0.2, -0.15) is 4.31 Å². The van der Waals surface area contributed by atoms with E-state index in [1.165, 1.54) is 4.31 Å². The van der Waals surface area contributed by atoms with Gasteiger partial charge in [-0.25, -0.2) is 8.42 Å². The van der Waals surface area contributed by atoms with E-state index in [0.29, 0.717) is 13.1 Å². The molecule has 1 rings (SSSR count). The van der Waals surface area contributed by atoms with Crippen molar-refractivity contribution in [2.75, 3.05) is 13.1 Å². The van der Waals surface area contributed by atoms with Crippen molar-refractivity contribution in [1.82, 2.24) is 4.31 Å². The van der Waals surface area contributed by atoms with Gasteiger partial charge in [0.05, 0.1) is 4.75 Å². The van der Waals surface area contributed by atoms with Gasteiger partial charge in [-0.05, 0) is 33.6 Å². The lowest BCUT2D eigenvalue weighted by molar-refractivity contribution is 0.340. The number of alkyl halides is 1. The smallest absolute Gasteiger partial charge is 0.212 e. The molecule has 0 N–H and O–H groups in total. The summed E-state index contributed by atoms with van der Waals surface area (Å²) >= 11 is 5.96. The van der Waals surface area contributed by atoms with Gasteiger partial charge in [0.15, 0.2) is 0 Å². The second kappa shape index (κ2) is 3.99. The molecule has 84 valence electrons. The van der Waals surface area contributed by atoms with Crippen LogP contribution in [-0.2, 0) is 10.0 Å². The van der Waals surface area contributed by atoms with E-state index in [1.54, 1.807) is 20.8 Å². The summed E-state index contributed by atoms with van der Waals surface area (Å²) in [6, 6.07) is 0. The van der Waals surface area contributed by atoms with Crippen LogP contribution in [0.4, 0.5) is 0 Å². The summed E-state index contributed by atoms with van der Waals surface area (Å²) in [5.41, 5.74) is 0. The van der Waals surface area contributed by atoms with Crippen LogP contribution in [0, 0.1) is 0 Å². The fraction of sp³-hybridized carbons (Fsp3) is 1.00. The van der Waals surface area contributed by atoms with E-state index < -0.39 is 14.8 Å². The first-order chi connectivity index (χ1) is 6.25. The lowest BCUT2D eigenvalue weighted by Crippen LogP contribution is -2.47. The third-order valence-corrected chi connectivity index (χ3v) is 5.36. The molecule has 0 bridgehead atoms. The summed E-state index contributed by atoms with van der Waals surface area (Å²) in [5, 5.41) is -0.0270. The first-order valence-electron chi connectivity index (χ1n) is 4.89. The lowest BCUT2D eigenvalue weighted by Gasteiger charge is -2.34. The largest absolute Gasteiger partial charge is 0.219 e. The summed E-state index contributed by atoms with van der Waals surface area (Å²) in [6.45, 7) is 6.24. The van der Waals surface area contributed by atoms with E-state index in [0.717, 1.165) is 12.8 Å². The van der Waals surface area contributed by atoms with E-state index in [2.05, 4.69) is 0 Å². The molecule has 1 fully saturated rings. The highest BCUT2D eigenvalue weighted by Gasteiger charge is 2.37. The third kappa shape index (κ3) is 2.41. The quantitative estimate of drug-likeness (QED) is 0.655. The number of piperidine rings is 1. The Kier molecular flexibility index (Phi) is 3.49. The second-order valence-electron chi connectivity index (χ2n) is 4.71. The molecule has 0 saturated carbocycles. The van der Waals surface area contributed by atoms with Crippen molar-refractivity contribution in [2.24, 2.45) is 0 Å². The summed E-state index contributed by atoms with van der Waals surface area (Å²) in [7, 11) is -3.18. The van der Waals surface area contributed by atoms with Crippen LogP contribution in [0.25, 0.3) is 0 Å². The van der Waals surface area contributed by atoms with Gasteiger partial charge in [0.2, 0.25) is 10.0 Å². The van der Waals surface area contributed by atoms with Crippen molar-refractivity contribution in [3.63, 3.8) is 0 Å². The molecular formula is C9H18ClNO2S. The van der Waals surface area contributed by atoms with Crippen molar-refractivity contribution in [3.05, 3.63) is 0 Å². The minimum atomic E-state index is -3.18. The summed E-state index contributed by atoms with van der Waals surface area (Å²) in [4.78, 5) is 0. The molecule has 0 aliphatic carbocycles. The Labute approximate surface area is 91.5 Å². The Hall–Kier alpha value is 0.200. The van der Waals surface area contributed by atoms with E-state index in [1.807, 2.05) is 0 Å². The average molecular weight is 240 g/mol. The maximum absolute atomic E-state index is 12.0. The molecule has 0 amide bonds. The van der Waals surface area contributed by atoms with Gasteiger partial charge >= 0.3 is 0 Å². The summed E-state index contributed by atoms with van der Waals surface area (Å²) in [5.74, 6) is 0. The van der Waals surface area contributed by atoms with Crippen LogP contribution in [0.1, 0.15) is 33.6 Å². The number of rotatable bonds is 1. The lowest BCUT2D eigenvalue weighted by atomic mass is 10.2. The Bertz CT molecular complexity index is 294. The van der Waals surface area contributed by atoms with Gasteiger partial charge in [0.1, 0.15) is 0 Å². The first kappa shape index (κ1) is 12.3. The fourth-order valence-corrected chi connectivity index (χ4v) is 3.42. The molecule has 0 aromatic carbocycles. The van der Waals surface area contributed by atoms with Crippen LogP contribution < -0.4 is 0 Å². The maximum Gasteiger partial charge on any atom is 0.219 e. The van der Waals surface area contributed by atoms with E-state index in [-0.39, 0.29) is 5.38 Å². The van der Waals surface area contributed by atoms with Crippen LogP contribution in [0.5, 0.6) is 0 Å². The van der Waals surface area contributed by atoms with E-state index in [9.17, 15) is 8.42 Å². The monoisotopic (exact) mass is 239 g/mol. The Morgan fingerprint density at radius 1 is 1.36 bits per heavy atom. The van der Waals surface area contributed by atoms with Gasteiger partial charge in [0, 0.05) is 18.5 Å². The third-order valence-electron chi connectivity index (χ3n) is 2.44. The second-order valence-corrected chi connectivity index (χ2v) is 8.02. The Morgan fingerprint density at radius 3 is 2.36 bits per heavy atom. The van der Waals surface area contributed by atoms with Gasteiger partial charge < -0.3 is 0 Å². The summed E-state index contributed by atoms with van der Waals surface area (Å²) < 4.78 is 24.8. The molecular weight excluding hydrogens is 222 g/mol. The number of halogens is 1. The normalized spacial score (nSPS) is 26.4. The summed E-state index contributed by atoms with van der Waals surface area (Å²) in [6.07, 6.45) is 1.78. The molecule has 0 spiro atoms. The maximum atomic E-state index is 12.0. The Balaban J connectivity index is 2.83. The first-order valence-corrected chi connectivity index (χ1v) is 6.76. The average Bonchev–Trinajstić information content (AvgIpc) is 2.02. The molecule has 1 saturated heterocycles. The fourth-order valence-electron chi connectivity index (χ4n) is 1.50. The van der Waals surface area contributed by atoms with Crippen molar-refractivity contribution in [1.29, 1.82) is 0 Å². The van der Waals surface area contributed by atoms with Gasteiger partial charge in [-0.15, -0.1) is 11.6 Å². The molecule has 0 aromatic rings. The molecule has 14 heavy (non-hydrogen) atoms.